The number of alkyl carbamates (subject to hydrolysis) is 1. The molecule has 0 heterocycles. The van der Waals surface area contributed by atoms with Gasteiger partial charge in [0.2, 0.25) is 0 Å². The van der Waals surface area contributed by atoms with Crippen LogP contribution >= 0.6 is 0 Å². The summed E-state index contributed by atoms with van der Waals surface area (Å²) in [5, 5.41) is 15.1. The van der Waals surface area contributed by atoms with E-state index in [0.717, 1.165) is 19.5 Å². The Morgan fingerprint density at radius 2 is 1.95 bits per heavy atom. The van der Waals surface area contributed by atoms with Crippen molar-refractivity contribution in [3.05, 3.63) is 0 Å². The van der Waals surface area contributed by atoms with Crippen LogP contribution < -0.4 is 10.6 Å². The van der Waals surface area contributed by atoms with Gasteiger partial charge in [0.15, 0.2) is 0 Å². The number of nitrogens with one attached hydrogen (secondary N) is 2. The van der Waals surface area contributed by atoms with Crippen LogP contribution in [0.25, 0.3) is 0 Å². The average molecular weight is 309 g/mol. The monoisotopic (exact) mass is 309 g/mol. The molecule has 1 aliphatic rings. The lowest BCUT2D eigenvalue weighted by molar-refractivity contribution is 0.0497. The lowest BCUT2D eigenvalue weighted by Gasteiger charge is -2.27. The minimum absolute atomic E-state index is 0.0930. The van der Waals surface area contributed by atoms with Crippen molar-refractivity contribution in [2.45, 2.75) is 71.9 Å². The zero-order chi connectivity index (χ0) is 16.8. The van der Waals surface area contributed by atoms with Crippen LogP contribution in [0.2, 0.25) is 0 Å². The summed E-state index contributed by atoms with van der Waals surface area (Å²) in [6.45, 7) is 11.5. The van der Waals surface area contributed by atoms with E-state index >= 15 is 0 Å². The predicted molar refractivity (Wildman–Crippen MR) is 87.4 cm³/mol. The molecule has 0 bridgehead atoms. The van der Waals surface area contributed by atoms with Gasteiger partial charge < -0.3 is 15.4 Å². The molecule has 0 aromatic rings. The first-order valence-electron chi connectivity index (χ1n) is 8.20. The second-order valence-electron chi connectivity index (χ2n) is 8.04. The fraction of sp³-hybridized carbons (Fsp3) is 0.882. The molecule has 0 radical (unpaired) electrons. The third-order valence-corrected chi connectivity index (χ3v) is 3.77. The van der Waals surface area contributed by atoms with E-state index < -0.39 is 5.60 Å². The van der Waals surface area contributed by atoms with Gasteiger partial charge in [0, 0.05) is 25.6 Å². The molecule has 0 aromatic carbocycles. The second-order valence-corrected chi connectivity index (χ2v) is 8.04. The number of nitriles is 1. The SMILES string of the molecule is CC(C)(CCC#N)CNCC(NC(=O)OC(C)(C)C)C1CC1. The molecule has 1 saturated carbocycles. The summed E-state index contributed by atoms with van der Waals surface area (Å²) in [5.74, 6) is 0.558. The largest absolute Gasteiger partial charge is 0.444 e. The molecule has 5 heteroatoms. The molecule has 1 aliphatic carbocycles. The molecule has 22 heavy (non-hydrogen) atoms. The quantitative estimate of drug-likeness (QED) is 0.722. The van der Waals surface area contributed by atoms with Gasteiger partial charge in [-0.2, -0.15) is 5.26 Å². The Balaban J connectivity index is 2.36. The summed E-state index contributed by atoms with van der Waals surface area (Å²) in [4.78, 5) is 11.9. The van der Waals surface area contributed by atoms with Crippen LogP contribution in [-0.4, -0.2) is 30.8 Å². The Morgan fingerprint density at radius 1 is 1.32 bits per heavy atom. The van der Waals surface area contributed by atoms with Crippen LogP contribution in [-0.2, 0) is 4.74 Å². The molecule has 0 saturated heterocycles. The van der Waals surface area contributed by atoms with Gasteiger partial charge in [0.25, 0.3) is 0 Å². The van der Waals surface area contributed by atoms with Gasteiger partial charge in [-0.1, -0.05) is 13.8 Å². The first-order chi connectivity index (χ1) is 10.1. The predicted octanol–water partition coefficient (Wildman–Crippen LogP) is 3.21. The van der Waals surface area contributed by atoms with Gasteiger partial charge in [-0.3, -0.25) is 0 Å². The maximum Gasteiger partial charge on any atom is 0.407 e. The average Bonchev–Trinajstić information content (AvgIpc) is 3.17. The summed E-state index contributed by atoms with van der Waals surface area (Å²) in [7, 11) is 0. The van der Waals surface area contributed by atoms with Crippen molar-refractivity contribution in [1.82, 2.24) is 10.6 Å². The molecule has 1 fully saturated rings. The van der Waals surface area contributed by atoms with E-state index in [-0.39, 0.29) is 17.6 Å². The molecule has 2 N–H and O–H groups in total. The van der Waals surface area contributed by atoms with Gasteiger partial charge in [0.1, 0.15) is 5.60 Å². The van der Waals surface area contributed by atoms with E-state index in [1.54, 1.807) is 0 Å². The van der Waals surface area contributed by atoms with Gasteiger partial charge in [-0.15, -0.1) is 0 Å². The van der Waals surface area contributed by atoms with Crippen molar-refractivity contribution in [1.29, 1.82) is 5.26 Å². The third kappa shape index (κ3) is 8.23. The summed E-state index contributed by atoms with van der Waals surface area (Å²) in [6.07, 6.45) is 3.45. The minimum atomic E-state index is -0.467. The molecule has 1 amide bonds. The van der Waals surface area contributed by atoms with Crippen molar-refractivity contribution in [3.8, 4) is 6.07 Å². The first kappa shape index (κ1) is 18.8. The summed E-state index contributed by atoms with van der Waals surface area (Å²) < 4.78 is 5.33. The van der Waals surface area contributed by atoms with Crippen molar-refractivity contribution in [2.75, 3.05) is 13.1 Å². The highest BCUT2D eigenvalue weighted by atomic mass is 16.6. The van der Waals surface area contributed by atoms with Crippen LogP contribution in [0, 0.1) is 22.7 Å². The lowest BCUT2D eigenvalue weighted by atomic mass is 9.88. The molecule has 0 aliphatic heterocycles. The van der Waals surface area contributed by atoms with Crippen LogP contribution in [0.4, 0.5) is 4.79 Å². The Hall–Kier alpha value is -1.28. The van der Waals surface area contributed by atoms with E-state index in [9.17, 15) is 4.79 Å². The number of carbonyl (C=O) groups is 1. The second kappa shape index (κ2) is 7.82. The molecule has 0 aromatic heterocycles. The summed E-state index contributed by atoms with van der Waals surface area (Å²) in [6, 6.07) is 2.32. The zero-order valence-corrected chi connectivity index (χ0v) is 14.7. The number of amides is 1. The maximum atomic E-state index is 11.9. The number of rotatable bonds is 8. The smallest absolute Gasteiger partial charge is 0.407 e. The Bertz CT molecular complexity index is 403. The van der Waals surface area contributed by atoms with E-state index in [1.807, 2.05) is 20.8 Å². The summed E-state index contributed by atoms with van der Waals surface area (Å²) in [5.41, 5.74) is -0.374. The Labute approximate surface area is 134 Å². The van der Waals surface area contributed by atoms with Gasteiger partial charge in [-0.05, 0) is 51.4 Å². The third-order valence-electron chi connectivity index (χ3n) is 3.77. The highest BCUT2D eigenvalue weighted by molar-refractivity contribution is 5.68. The van der Waals surface area contributed by atoms with Gasteiger partial charge in [-0.25, -0.2) is 4.79 Å². The number of hydrogen-bond acceptors (Lipinski definition) is 4. The topological polar surface area (TPSA) is 74.2 Å². The number of carbonyl (C=O) groups excluding carboxylic acids is 1. The lowest BCUT2D eigenvalue weighted by Crippen LogP contribution is -2.46. The molecule has 126 valence electrons. The molecule has 1 rings (SSSR count). The van der Waals surface area contributed by atoms with Gasteiger partial charge >= 0.3 is 6.09 Å². The molecular weight excluding hydrogens is 278 g/mol. The number of hydrogen-bond donors (Lipinski definition) is 2. The fourth-order valence-electron chi connectivity index (χ4n) is 2.34. The molecule has 5 nitrogen and oxygen atoms in total. The zero-order valence-electron chi connectivity index (χ0n) is 14.7. The first-order valence-corrected chi connectivity index (χ1v) is 8.20. The molecular formula is C17H31N3O2. The van der Waals surface area contributed by atoms with Crippen molar-refractivity contribution < 1.29 is 9.53 Å². The van der Waals surface area contributed by atoms with Crippen LogP contribution in [0.5, 0.6) is 0 Å². The van der Waals surface area contributed by atoms with E-state index in [2.05, 4.69) is 30.6 Å². The maximum absolute atomic E-state index is 11.9. The summed E-state index contributed by atoms with van der Waals surface area (Å²) >= 11 is 0. The normalized spacial score (nSPS) is 16.7. The minimum Gasteiger partial charge on any atom is -0.444 e. The van der Waals surface area contributed by atoms with Gasteiger partial charge in [0.05, 0.1) is 6.07 Å². The molecule has 1 atom stereocenters. The van der Waals surface area contributed by atoms with Crippen molar-refractivity contribution in [3.63, 3.8) is 0 Å². The highest BCUT2D eigenvalue weighted by Gasteiger charge is 2.33. The molecule has 0 spiro atoms. The Morgan fingerprint density at radius 3 is 2.45 bits per heavy atom. The van der Waals surface area contributed by atoms with Crippen LogP contribution in [0.15, 0.2) is 0 Å². The fourth-order valence-corrected chi connectivity index (χ4v) is 2.34. The number of ether oxygens (including phenoxy) is 1. The van der Waals surface area contributed by atoms with Crippen LogP contribution in [0.1, 0.15) is 60.3 Å². The van der Waals surface area contributed by atoms with E-state index in [0.29, 0.717) is 12.3 Å². The van der Waals surface area contributed by atoms with Crippen molar-refractivity contribution in [2.24, 2.45) is 11.3 Å². The Kier molecular flexibility index (Phi) is 6.67. The van der Waals surface area contributed by atoms with E-state index in [1.165, 1.54) is 12.8 Å². The highest BCUT2D eigenvalue weighted by Crippen LogP contribution is 2.32. The van der Waals surface area contributed by atoms with Crippen molar-refractivity contribution >= 4 is 6.09 Å². The van der Waals surface area contributed by atoms with E-state index in [4.69, 9.17) is 10.00 Å². The van der Waals surface area contributed by atoms with Crippen LogP contribution in [0.3, 0.4) is 0 Å². The number of nitrogens with zero attached hydrogens (tertiary/aromatic N) is 1. The molecule has 1 unspecified atom stereocenters. The standard InChI is InChI=1S/C17H31N3O2/c1-16(2,3)22-15(21)20-14(13-7-8-13)11-19-12-17(4,5)9-6-10-18/h13-14,19H,6-9,11-12H2,1-5H3,(H,20,21).